The summed E-state index contributed by atoms with van der Waals surface area (Å²) in [6, 6.07) is 12.0. The van der Waals surface area contributed by atoms with Crippen LogP contribution in [0.25, 0.3) is 10.9 Å². The number of H-pyrrole nitrogens is 1. The first-order valence-corrected chi connectivity index (χ1v) is 13.5. The molecule has 1 unspecified atom stereocenters. The number of nitriles is 1. The molecule has 3 aromatic rings. The molecule has 2 aliphatic rings. The Morgan fingerprint density at radius 2 is 1.81 bits per heavy atom. The van der Waals surface area contributed by atoms with Gasteiger partial charge in [-0.05, 0) is 57.8 Å². The van der Waals surface area contributed by atoms with Gasteiger partial charge in [0.1, 0.15) is 11.0 Å². The van der Waals surface area contributed by atoms with Gasteiger partial charge < -0.3 is 9.88 Å². The molecule has 1 aliphatic carbocycles. The van der Waals surface area contributed by atoms with Crippen molar-refractivity contribution in [3.63, 3.8) is 0 Å². The maximum absolute atomic E-state index is 14.0. The topological polar surface area (TPSA) is 83.4 Å². The Morgan fingerprint density at radius 1 is 1.11 bits per heavy atom. The van der Waals surface area contributed by atoms with Gasteiger partial charge in [-0.1, -0.05) is 19.9 Å². The van der Waals surface area contributed by atoms with Crippen LogP contribution in [0.2, 0.25) is 0 Å². The molecule has 0 bridgehead atoms. The third kappa shape index (κ3) is 3.78. The van der Waals surface area contributed by atoms with Crippen LogP contribution in [0.4, 0.5) is 5.69 Å². The normalized spacial score (nSPS) is 18.4. The molecule has 1 aromatic heterocycles. The van der Waals surface area contributed by atoms with Crippen molar-refractivity contribution in [3.05, 3.63) is 58.3 Å². The van der Waals surface area contributed by atoms with Crippen LogP contribution in [0.15, 0.2) is 35.2 Å². The molecular weight excluding hydrogens is 470 g/mol. The first-order valence-electron chi connectivity index (χ1n) is 12.4. The van der Waals surface area contributed by atoms with E-state index in [1.54, 1.807) is 30.5 Å². The summed E-state index contributed by atoms with van der Waals surface area (Å²) < 4.78 is 15.2. The van der Waals surface area contributed by atoms with E-state index in [1.807, 2.05) is 12.1 Å². The van der Waals surface area contributed by atoms with Crippen molar-refractivity contribution in [1.82, 2.24) is 14.2 Å². The van der Waals surface area contributed by atoms with Crippen molar-refractivity contribution >= 4 is 33.4 Å². The fraction of sp³-hybridized carbons (Fsp3) is 0.429. The Labute approximate surface area is 215 Å². The number of piperazine rings is 1. The van der Waals surface area contributed by atoms with E-state index < -0.39 is 16.4 Å². The highest BCUT2D eigenvalue weighted by Gasteiger charge is 2.41. The minimum Gasteiger partial charge on any atom is -0.368 e. The zero-order valence-electron chi connectivity index (χ0n) is 21.8. The maximum atomic E-state index is 14.0. The molecule has 0 spiro atoms. The van der Waals surface area contributed by atoms with E-state index in [9.17, 15) is 14.3 Å². The van der Waals surface area contributed by atoms with Crippen molar-refractivity contribution in [1.29, 1.82) is 5.26 Å². The minimum absolute atomic E-state index is 0.0662. The molecule has 1 atom stereocenters. The van der Waals surface area contributed by atoms with Gasteiger partial charge in [-0.15, -0.1) is 0 Å². The predicted octanol–water partition coefficient (Wildman–Crippen LogP) is 4.02. The van der Waals surface area contributed by atoms with E-state index in [0.717, 1.165) is 54.0 Å². The molecule has 1 aliphatic heterocycles. The molecule has 0 amide bonds. The molecule has 36 heavy (non-hydrogen) atoms. The van der Waals surface area contributed by atoms with Gasteiger partial charge in [0, 0.05) is 59.8 Å². The summed E-state index contributed by atoms with van der Waals surface area (Å²) in [6.07, 6.45) is 0. The fourth-order valence-electron chi connectivity index (χ4n) is 5.58. The molecule has 2 heterocycles. The SMILES string of the molecule is CC(C)N1CCN(c2cc3c(cc2S(=O)N(C)C)C(=O)c2c([nH]c4cc(C#N)ccc24)C3(C)C)CC1. The van der Waals surface area contributed by atoms with Crippen LogP contribution >= 0.6 is 0 Å². The number of anilines is 1. The molecule has 188 valence electrons. The Morgan fingerprint density at radius 3 is 2.42 bits per heavy atom. The lowest BCUT2D eigenvalue weighted by atomic mass is 9.71. The van der Waals surface area contributed by atoms with Gasteiger partial charge in [-0.25, -0.2) is 8.51 Å². The van der Waals surface area contributed by atoms with Crippen molar-refractivity contribution in [2.75, 3.05) is 45.2 Å². The van der Waals surface area contributed by atoms with Crippen molar-refractivity contribution in [3.8, 4) is 6.07 Å². The second-order valence-electron chi connectivity index (χ2n) is 10.7. The molecule has 0 radical (unpaired) electrons. The molecule has 0 saturated carbocycles. The van der Waals surface area contributed by atoms with Gasteiger partial charge in [0.05, 0.1) is 27.8 Å². The standard InChI is InChI=1S/C28H33N5O2S/c1-17(2)32-9-11-33(12-10-32)23-15-21-20(14-24(23)36(35)31(5)6)26(34)25-19-8-7-18(16-29)13-22(19)30-27(25)28(21,3)4/h7-8,13-15,17,30H,9-12H2,1-6H3. The summed E-state index contributed by atoms with van der Waals surface area (Å²) in [7, 11) is 2.19. The number of fused-ring (bicyclic) bond motifs is 4. The monoisotopic (exact) mass is 503 g/mol. The predicted molar refractivity (Wildman–Crippen MR) is 144 cm³/mol. The second kappa shape index (κ2) is 8.84. The van der Waals surface area contributed by atoms with Gasteiger partial charge in [0.2, 0.25) is 0 Å². The van der Waals surface area contributed by atoms with Crippen LogP contribution in [-0.2, 0) is 16.4 Å². The second-order valence-corrected chi connectivity index (χ2v) is 12.4. The molecular formula is C28H33N5O2S. The van der Waals surface area contributed by atoms with Crippen molar-refractivity contribution in [2.24, 2.45) is 0 Å². The number of ketones is 1. The molecule has 5 rings (SSSR count). The number of rotatable bonds is 4. The molecule has 8 heteroatoms. The highest BCUT2D eigenvalue weighted by Crippen LogP contribution is 2.46. The van der Waals surface area contributed by atoms with E-state index >= 15 is 0 Å². The molecule has 1 fully saturated rings. The number of hydrogen-bond donors (Lipinski definition) is 1. The lowest BCUT2D eigenvalue weighted by Gasteiger charge is -2.40. The number of carbonyl (C=O) groups is 1. The first kappa shape index (κ1) is 24.7. The summed E-state index contributed by atoms with van der Waals surface area (Å²) >= 11 is 0. The van der Waals surface area contributed by atoms with Gasteiger partial charge in [-0.3, -0.25) is 9.69 Å². The lowest BCUT2D eigenvalue weighted by Crippen LogP contribution is -2.49. The third-order valence-electron chi connectivity index (χ3n) is 7.70. The molecule has 1 N–H and O–H groups in total. The molecule has 1 saturated heterocycles. The van der Waals surface area contributed by atoms with Gasteiger partial charge in [0.15, 0.2) is 5.78 Å². The largest absolute Gasteiger partial charge is 0.368 e. The van der Waals surface area contributed by atoms with Crippen LogP contribution in [-0.4, -0.2) is 70.5 Å². The first-order chi connectivity index (χ1) is 17.0. The highest BCUT2D eigenvalue weighted by molar-refractivity contribution is 7.82. The summed E-state index contributed by atoms with van der Waals surface area (Å²) in [5.41, 5.74) is 4.85. The van der Waals surface area contributed by atoms with E-state index in [-0.39, 0.29) is 5.78 Å². The third-order valence-corrected chi connectivity index (χ3v) is 9.07. The molecule has 2 aromatic carbocycles. The number of nitrogens with zero attached hydrogens (tertiary/aromatic N) is 4. The van der Waals surface area contributed by atoms with Crippen LogP contribution in [0.3, 0.4) is 0 Å². The maximum Gasteiger partial charge on any atom is 0.195 e. The van der Waals surface area contributed by atoms with E-state index in [0.29, 0.717) is 27.6 Å². The number of aromatic amines is 1. The van der Waals surface area contributed by atoms with Gasteiger partial charge >= 0.3 is 0 Å². The summed E-state index contributed by atoms with van der Waals surface area (Å²) in [6.45, 7) is 12.3. The fourth-order valence-corrected chi connectivity index (χ4v) is 6.56. The number of nitrogens with one attached hydrogen (secondary N) is 1. The minimum atomic E-state index is -1.40. The zero-order chi connectivity index (χ0) is 25.9. The average molecular weight is 504 g/mol. The lowest BCUT2D eigenvalue weighted by molar-refractivity contribution is 0.103. The molecule has 7 nitrogen and oxygen atoms in total. The van der Waals surface area contributed by atoms with Crippen LogP contribution < -0.4 is 4.90 Å². The summed E-state index contributed by atoms with van der Waals surface area (Å²) in [5, 5.41) is 10.2. The summed E-state index contributed by atoms with van der Waals surface area (Å²) in [4.78, 5) is 22.9. The van der Waals surface area contributed by atoms with E-state index in [1.165, 1.54) is 0 Å². The van der Waals surface area contributed by atoms with Crippen molar-refractivity contribution < 1.29 is 9.00 Å². The van der Waals surface area contributed by atoms with Crippen molar-refractivity contribution in [2.45, 2.75) is 44.0 Å². The zero-order valence-corrected chi connectivity index (χ0v) is 22.6. The van der Waals surface area contributed by atoms with Gasteiger partial charge in [-0.2, -0.15) is 5.26 Å². The average Bonchev–Trinajstić information content (AvgIpc) is 3.26. The Hall–Kier alpha value is -2.99. The Bertz CT molecular complexity index is 1440. The Kier molecular flexibility index (Phi) is 6.06. The van der Waals surface area contributed by atoms with Gasteiger partial charge in [0.25, 0.3) is 0 Å². The number of benzene rings is 2. The number of hydrogen-bond acceptors (Lipinski definition) is 5. The highest BCUT2D eigenvalue weighted by atomic mass is 32.2. The van der Waals surface area contributed by atoms with Crippen LogP contribution in [0.1, 0.15) is 60.4 Å². The Balaban J connectivity index is 1.68. The van der Waals surface area contributed by atoms with Crippen LogP contribution in [0, 0.1) is 11.3 Å². The number of carbonyl (C=O) groups excluding carboxylic acids is 1. The quantitative estimate of drug-likeness (QED) is 0.581. The number of aromatic nitrogens is 1. The summed E-state index contributed by atoms with van der Waals surface area (Å²) in [5.74, 6) is -0.0662. The van der Waals surface area contributed by atoms with E-state index in [2.05, 4.69) is 54.6 Å². The van der Waals surface area contributed by atoms with E-state index in [4.69, 9.17) is 0 Å². The van der Waals surface area contributed by atoms with Crippen LogP contribution in [0.5, 0.6) is 0 Å². The smallest absolute Gasteiger partial charge is 0.195 e.